The summed E-state index contributed by atoms with van der Waals surface area (Å²) in [7, 11) is 0. The second-order valence-corrected chi connectivity index (χ2v) is 7.36. The van der Waals surface area contributed by atoms with Crippen molar-refractivity contribution in [2.45, 2.75) is 64.1 Å². The van der Waals surface area contributed by atoms with Crippen LogP contribution in [0.15, 0.2) is 12.1 Å². The number of rotatable bonds is 5. The van der Waals surface area contributed by atoms with E-state index < -0.39 is 24.3 Å². The molecule has 1 fully saturated rings. The molecule has 0 heterocycles. The molecule has 0 spiro atoms. The van der Waals surface area contributed by atoms with Crippen molar-refractivity contribution < 1.29 is 32.6 Å². The standard InChI is InChI=1S/C21H24F3NO4/c1-14-10-16(29-13-21(22,23)24)11-15(2)17(14)12-18(26)25-20(9-6-19(27)28)7-4-3-5-8-20/h10-11H,3-5,7-8,12-13H2,1-2H3,(H,25,26)(H,27,28). The van der Waals surface area contributed by atoms with Crippen molar-refractivity contribution in [3.63, 3.8) is 0 Å². The number of hydrogen-bond acceptors (Lipinski definition) is 3. The third kappa shape index (κ3) is 7.00. The molecule has 0 saturated heterocycles. The number of carboxylic acid groups (broad SMARTS) is 1. The van der Waals surface area contributed by atoms with Gasteiger partial charge in [0, 0.05) is 5.92 Å². The van der Waals surface area contributed by atoms with E-state index in [1.807, 2.05) is 0 Å². The predicted molar refractivity (Wildman–Crippen MR) is 101 cm³/mol. The van der Waals surface area contributed by atoms with E-state index in [2.05, 4.69) is 17.2 Å². The molecule has 8 heteroatoms. The van der Waals surface area contributed by atoms with Crippen molar-refractivity contribution in [3.05, 3.63) is 28.8 Å². The molecule has 1 aromatic carbocycles. The first-order valence-corrected chi connectivity index (χ1v) is 9.36. The maximum absolute atomic E-state index is 12.7. The molecular formula is C21H24F3NO4. The normalized spacial score (nSPS) is 15.8. The molecule has 1 aliphatic carbocycles. The largest absolute Gasteiger partial charge is 0.484 e. The number of carboxylic acids is 1. The molecule has 29 heavy (non-hydrogen) atoms. The zero-order valence-electron chi connectivity index (χ0n) is 16.4. The number of aliphatic carboxylic acids is 1. The third-order valence-corrected chi connectivity index (χ3v) is 4.90. The van der Waals surface area contributed by atoms with E-state index in [-0.39, 0.29) is 18.1 Å². The van der Waals surface area contributed by atoms with E-state index in [1.54, 1.807) is 13.8 Å². The van der Waals surface area contributed by atoms with Gasteiger partial charge in [0.2, 0.25) is 5.91 Å². The Hall–Kier alpha value is -2.69. The number of benzene rings is 1. The van der Waals surface area contributed by atoms with Gasteiger partial charge in [-0.25, -0.2) is 4.79 Å². The molecular weight excluding hydrogens is 387 g/mol. The van der Waals surface area contributed by atoms with Crippen LogP contribution in [0.5, 0.6) is 5.75 Å². The zero-order valence-corrected chi connectivity index (χ0v) is 16.4. The van der Waals surface area contributed by atoms with Gasteiger partial charge in [-0.15, -0.1) is 0 Å². The number of amides is 1. The van der Waals surface area contributed by atoms with Gasteiger partial charge in [-0.05, 0) is 55.5 Å². The zero-order chi connectivity index (χ0) is 21.7. The van der Waals surface area contributed by atoms with E-state index in [9.17, 15) is 22.8 Å². The Balaban J connectivity index is 2.13. The lowest BCUT2D eigenvalue weighted by Crippen LogP contribution is -2.49. The van der Waals surface area contributed by atoms with Crippen LogP contribution in [0.3, 0.4) is 0 Å². The maximum Gasteiger partial charge on any atom is 0.422 e. The molecule has 0 atom stereocenters. The third-order valence-electron chi connectivity index (χ3n) is 4.90. The fraction of sp³-hybridized carbons (Fsp3) is 0.524. The van der Waals surface area contributed by atoms with Gasteiger partial charge < -0.3 is 15.2 Å². The van der Waals surface area contributed by atoms with Crippen LogP contribution >= 0.6 is 0 Å². The second-order valence-electron chi connectivity index (χ2n) is 7.36. The summed E-state index contributed by atoms with van der Waals surface area (Å²) in [6, 6.07) is 2.95. The van der Waals surface area contributed by atoms with Crippen LogP contribution in [0.25, 0.3) is 0 Å². The van der Waals surface area contributed by atoms with Crippen LogP contribution in [-0.4, -0.2) is 35.3 Å². The van der Waals surface area contributed by atoms with Crippen LogP contribution in [0.1, 0.15) is 48.8 Å². The van der Waals surface area contributed by atoms with Gasteiger partial charge in [-0.2, -0.15) is 13.2 Å². The number of alkyl halides is 3. The molecule has 5 nitrogen and oxygen atoms in total. The SMILES string of the molecule is Cc1cc(OCC(F)(F)F)cc(C)c1CC(=O)NC1(C#CC(=O)O)CCCCC1. The highest BCUT2D eigenvalue weighted by molar-refractivity contribution is 5.87. The summed E-state index contributed by atoms with van der Waals surface area (Å²) in [5, 5.41) is 11.7. The highest BCUT2D eigenvalue weighted by Crippen LogP contribution is 2.29. The Bertz CT molecular complexity index is 808. The highest BCUT2D eigenvalue weighted by atomic mass is 19.4. The van der Waals surface area contributed by atoms with E-state index in [0.717, 1.165) is 19.3 Å². The van der Waals surface area contributed by atoms with Gasteiger partial charge in [0.15, 0.2) is 6.61 Å². The molecule has 1 saturated carbocycles. The Morgan fingerprint density at radius 2 is 1.76 bits per heavy atom. The number of nitrogens with one attached hydrogen (secondary N) is 1. The topological polar surface area (TPSA) is 75.6 Å². The van der Waals surface area contributed by atoms with Crippen molar-refractivity contribution in [3.8, 4) is 17.6 Å². The van der Waals surface area contributed by atoms with Crippen molar-refractivity contribution in [1.82, 2.24) is 5.32 Å². The van der Waals surface area contributed by atoms with Crippen LogP contribution in [0.4, 0.5) is 13.2 Å². The van der Waals surface area contributed by atoms with E-state index >= 15 is 0 Å². The highest BCUT2D eigenvalue weighted by Gasteiger charge is 2.32. The summed E-state index contributed by atoms with van der Waals surface area (Å²) in [4.78, 5) is 23.5. The maximum atomic E-state index is 12.7. The smallest absolute Gasteiger partial charge is 0.422 e. The fourth-order valence-corrected chi connectivity index (χ4v) is 3.56. The number of carbonyl (C=O) groups excluding carboxylic acids is 1. The Morgan fingerprint density at radius 1 is 1.17 bits per heavy atom. The van der Waals surface area contributed by atoms with Crippen molar-refractivity contribution in [2.75, 3.05) is 6.61 Å². The summed E-state index contributed by atoms with van der Waals surface area (Å²) in [5.41, 5.74) is 1.13. The minimum atomic E-state index is -4.42. The van der Waals surface area contributed by atoms with Crippen molar-refractivity contribution in [1.29, 1.82) is 0 Å². The second kappa shape index (κ2) is 9.21. The van der Waals surface area contributed by atoms with Gasteiger partial charge >= 0.3 is 12.1 Å². The lowest BCUT2D eigenvalue weighted by atomic mass is 9.82. The first-order chi connectivity index (χ1) is 13.5. The Morgan fingerprint density at radius 3 is 2.28 bits per heavy atom. The van der Waals surface area contributed by atoms with Crippen molar-refractivity contribution in [2.24, 2.45) is 0 Å². The lowest BCUT2D eigenvalue weighted by Gasteiger charge is -2.33. The minimum absolute atomic E-state index is 0.0215. The Labute approximate surface area is 167 Å². The number of carbonyl (C=O) groups is 2. The van der Waals surface area contributed by atoms with Crippen LogP contribution in [0, 0.1) is 25.7 Å². The number of ether oxygens (including phenoxy) is 1. The molecule has 1 aromatic rings. The molecule has 0 bridgehead atoms. The summed E-state index contributed by atoms with van der Waals surface area (Å²) in [6.45, 7) is 2.03. The van der Waals surface area contributed by atoms with Gasteiger partial charge in [-0.3, -0.25) is 4.79 Å². The summed E-state index contributed by atoms with van der Waals surface area (Å²) in [5.74, 6) is 3.38. The lowest BCUT2D eigenvalue weighted by molar-refractivity contribution is -0.153. The van der Waals surface area contributed by atoms with Crippen LogP contribution < -0.4 is 10.1 Å². The molecule has 1 amide bonds. The summed E-state index contributed by atoms with van der Waals surface area (Å²) >= 11 is 0. The molecule has 1 aliphatic rings. The molecule has 2 rings (SSSR count). The first kappa shape index (κ1) is 22.6. The monoisotopic (exact) mass is 411 g/mol. The quantitative estimate of drug-likeness (QED) is 0.725. The van der Waals surface area contributed by atoms with Gasteiger partial charge in [0.25, 0.3) is 0 Å². The molecule has 0 aliphatic heterocycles. The Kier molecular flexibility index (Phi) is 7.17. The summed E-state index contributed by atoms with van der Waals surface area (Å²) in [6.07, 6.45) is -0.540. The van der Waals surface area contributed by atoms with E-state index in [4.69, 9.17) is 9.84 Å². The van der Waals surface area contributed by atoms with Crippen LogP contribution in [0.2, 0.25) is 0 Å². The van der Waals surface area contributed by atoms with Gasteiger partial charge in [0.1, 0.15) is 11.3 Å². The predicted octanol–water partition coefficient (Wildman–Crippen LogP) is 3.69. The molecule has 0 radical (unpaired) electrons. The van der Waals surface area contributed by atoms with E-state index in [0.29, 0.717) is 29.5 Å². The van der Waals surface area contributed by atoms with E-state index in [1.165, 1.54) is 12.1 Å². The summed E-state index contributed by atoms with van der Waals surface area (Å²) < 4.78 is 41.8. The van der Waals surface area contributed by atoms with Gasteiger partial charge in [-0.1, -0.05) is 25.2 Å². The van der Waals surface area contributed by atoms with Crippen molar-refractivity contribution >= 4 is 11.9 Å². The number of aryl methyl sites for hydroxylation is 2. The van der Waals surface area contributed by atoms with Gasteiger partial charge in [0.05, 0.1) is 6.42 Å². The molecule has 0 aromatic heterocycles. The first-order valence-electron chi connectivity index (χ1n) is 9.36. The molecule has 2 N–H and O–H groups in total. The fourth-order valence-electron chi connectivity index (χ4n) is 3.56. The van der Waals surface area contributed by atoms with Crippen LogP contribution in [-0.2, 0) is 16.0 Å². The minimum Gasteiger partial charge on any atom is -0.484 e. The molecule has 158 valence electrons. The average molecular weight is 411 g/mol. The number of hydrogen-bond donors (Lipinski definition) is 2. The average Bonchev–Trinajstić information content (AvgIpc) is 2.61. The number of halogens is 3. The molecule has 0 unspecified atom stereocenters.